The fourth-order valence-corrected chi connectivity index (χ4v) is 4.59. The Balaban J connectivity index is 1.34. The van der Waals surface area contributed by atoms with Gasteiger partial charge in [0.15, 0.2) is 4.34 Å². The van der Waals surface area contributed by atoms with Crippen LogP contribution in [-0.2, 0) is 12.2 Å². The maximum atomic E-state index is 5.54. The lowest BCUT2D eigenvalue weighted by atomic mass is 10.1. The van der Waals surface area contributed by atoms with Crippen molar-refractivity contribution < 1.29 is 4.42 Å². The molecule has 3 heterocycles. The molecule has 3 aromatic heterocycles. The van der Waals surface area contributed by atoms with Crippen molar-refractivity contribution >= 4 is 45.3 Å². The summed E-state index contributed by atoms with van der Waals surface area (Å²) in [5.41, 5.74) is 3.24. The predicted molar refractivity (Wildman–Crippen MR) is 108 cm³/mol. The molecule has 0 fully saturated rings. The number of hydrogen-bond acceptors (Lipinski definition) is 8. The minimum Gasteiger partial charge on any atom is -0.444 e. The topological polar surface area (TPSA) is 63.8 Å². The molecular formula is C18H16N4OS3. The van der Waals surface area contributed by atoms with E-state index in [4.69, 9.17) is 4.42 Å². The third kappa shape index (κ3) is 4.14. The zero-order valence-corrected chi connectivity index (χ0v) is 16.5. The highest BCUT2D eigenvalue weighted by molar-refractivity contribution is 8.00. The number of aromatic nitrogens is 3. The summed E-state index contributed by atoms with van der Waals surface area (Å²) < 4.78 is 6.44. The fourth-order valence-electron chi connectivity index (χ4n) is 2.29. The van der Waals surface area contributed by atoms with Gasteiger partial charge in [0, 0.05) is 11.4 Å². The van der Waals surface area contributed by atoms with Crippen LogP contribution in [0.15, 0.2) is 56.8 Å². The van der Waals surface area contributed by atoms with E-state index in [1.807, 2.05) is 17.5 Å². The molecular weight excluding hydrogens is 384 g/mol. The van der Waals surface area contributed by atoms with E-state index < -0.39 is 0 Å². The number of thiophene rings is 1. The van der Waals surface area contributed by atoms with E-state index in [1.165, 1.54) is 16.9 Å². The first-order valence-electron chi connectivity index (χ1n) is 8.10. The molecule has 0 spiro atoms. The number of thioether (sulfide) groups is 1. The number of hydrogen-bond donors (Lipinski definition) is 1. The van der Waals surface area contributed by atoms with Gasteiger partial charge < -0.3 is 9.73 Å². The molecule has 4 rings (SSSR count). The summed E-state index contributed by atoms with van der Waals surface area (Å²) in [6, 6.07) is 12.4. The second-order valence-corrected chi connectivity index (χ2v) is 8.61. The predicted octanol–water partition coefficient (Wildman–Crippen LogP) is 5.85. The SMILES string of the molecule is CCc1ccc(Nc2nnc(SCc3coc(-c4cccs4)n3)s2)cc1. The monoisotopic (exact) mass is 400 g/mol. The Morgan fingerprint density at radius 2 is 2.04 bits per heavy atom. The first kappa shape index (κ1) is 17.3. The normalized spacial score (nSPS) is 11.0. The first-order valence-corrected chi connectivity index (χ1v) is 10.8. The Morgan fingerprint density at radius 1 is 1.15 bits per heavy atom. The molecule has 4 aromatic rings. The van der Waals surface area contributed by atoms with Gasteiger partial charge in [0.2, 0.25) is 11.0 Å². The highest BCUT2D eigenvalue weighted by Gasteiger charge is 2.10. The zero-order valence-electron chi connectivity index (χ0n) is 14.0. The van der Waals surface area contributed by atoms with Gasteiger partial charge in [0.1, 0.15) is 6.26 Å². The van der Waals surface area contributed by atoms with Gasteiger partial charge in [-0.15, -0.1) is 21.5 Å². The second-order valence-electron chi connectivity index (χ2n) is 5.46. The van der Waals surface area contributed by atoms with Crippen LogP contribution in [0.5, 0.6) is 0 Å². The lowest BCUT2D eigenvalue weighted by molar-refractivity contribution is 0.575. The third-order valence-electron chi connectivity index (χ3n) is 3.65. The second kappa shape index (κ2) is 8.03. The van der Waals surface area contributed by atoms with Crippen molar-refractivity contribution in [2.24, 2.45) is 0 Å². The number of oxazole rings is 1. The number of aryl methyl sites for hydroxylation is 1. The Morgan fingerprint density at radius 3 is 2.81 bits per heavy atom. The van der Waals surface area contributed by atoms with Crippen molar-refractivity contribution in [3.05, 3.63) is 59.3 Å². The molecule has 0 aliphatic heterocycles. The van der Waals surface area contributed by atoms with E-state index in [0.29, 0.717) is 11.6 Å². The van der Waals surface area contributed by atoms with Crippen LogP contribution in [0, 0.1) is 0 Å². The number of benzene rings is 1. The average Bonchev–Trinajstić information content (AvgIpc) is 3.42. The minimum atomic E-state index is 0.672. The van der Waals surface area contributed by atoms with Crippen LogP contribution in [0.4, 0.5) is 10.8 Å². The molecule has 0 unspecified atom stereocenters. The Kier molecular flexibility index (Phi) is 5.33. The van der Waals surface area contributed by atoms with Crippen molar-refractivity contribution in [1.29, 1.82) is 0 Å². The quantitative estimate of drug-likeness (QED) is 0.392. The van der Waals surface area contributed by atoms with Crippen LogP contribution >= 0.6 is 34.4 Å². The molecule has 0 bridgehead atoms. The maximum Gasteiger partial charge on any atom is 0.236 e. The largest absolute Gasteiger partial charge is 0.444 e. The highest BCUT2D eigenvalue weighted by Crippen LogP contribution is 2.31. The highest BCUT2D eigenvalue weighted by atomic mass is 32.2. The van der Waals surface area contributed by atoms with Crippen LogP contribution < -0.4 is 5.32 Å². The summed E-state index contributed by atoms with van der Waals surface area (Å²) in [6.45, 7) is 2.15. The molecule has 0 saturated heterocycles. The van der Waals surface area contributed by atoms with E-state index >= 15 is 0 Å². The molecule has 132 valence electrons. The molecule has 0 saturated carbocycles. The molecule has 0 atom stereocenters. The van der Waals surface area contributed by atoms with Gasteiger partial charge in [-0.3, -0.25) is 0 Å². The van der Waals surface area contributed by atoms with E-state index in [2.05, 4.69) is 51.7 Å². The summed E-state index contributed by atoms with van der Waals surface area (Å²) in [4.78, 5) is 5.56. The third-order valence-corrected chi connectivity index (χ3v) is 6.51. The zero-order chi connectivity index (χ0) is 17.8. The van der Waals surface area contributed by atoms with Gasteiger partial charge in [-0.2, -0.15) is 0 Å². The molecule has 1 aromatic carbocycles. The first-order chi connectivity index (χ1) is 12.8. The van der Waals surface area contributed by atoms with Crippen molar-refractivity contribution in [3.8, 4) is 10.8 Å². The van der Waals surface area contributed by atoms with Gasteiger partial charge in [-0.1, -0.05) is 48.2 Å². The van der Waals surface area contributed by atoms with Crippen LogP contribution in [0.3, 0.4) is 0 Å². The number of nitrogens with zero attached hydrogens (tertiary/aromatic N) is 3. The van der Waals surface area contributed by atoms with Crippen molar-refractivity contribution in [1.82, 2.24) is 15.2 Å². The summed E-state index contributed by atoms with van der Waals surface area (Å²) >= 11 is 4.76. The van der Waals surface area contributed by atoms with Gasteiger partial charge in [0.25, 0.3) is 0 Å². The number of anilines is 2. The number of rotatable bonds is 7. The standard InChI is InChI=1S/C18H16N4OS3/c1-2-12-5-7-13(8-6-12)20-17-21-22-18(26-17)25-11-14-10-23-16(19-14)15-4-3-9-24-15/h3-10H,2,11H2,1H3,(H,20,21). The van der Waals surface area contributed by atoms with Crippen molar-refractivity contribution in [3.63, 3.8) is 0 Å². The van der Waals surface area contributed by atoms with E-state index in [0.717, 1.165) is 32.2 Å². The number of nitrogens with one attached hydrogen (secondary N) is 1. The molecule has 1 N–H and O–H groups in total. The lowest BCUT2D eigenvalue weighted by Crippen LogP contribution is -1.89. The average molecular weight is 401 g/mol. The van der Waals surface area contributed by atoms with Crippen LogP contribution in [-0.4, -0.2) is 15.2 Å². The molecule has 26 heavy (non-hydrogen) atoms. The van der Waals surface area contributed by atoms with Crippen molar-refractivity contribution in [2.45, 2.75) is 23.4 Å². The molecule has 0 radical (unpaired) electrons. The Bertz CT molecular complexity index is 961. The van der Waals surface area contributed by atoms with Crippen LogP contribution in [0.2, 0.25) is 0 Å². The molecule has 0 aliphatic rings. The summed E-state index contributed by atoms with van der Waals surface area (Å²) in [5.74, 6) is 1.38. The summed E-state index contributed by atoms with van der Waals surface area (Å²) in [5, 5.41) is 14.5. The Hall–Kier alpha value is -2.16. The van der Waals surface area contributed by atoms with Crippen molar-refractivity contribution in [2.75, 3.05) is 5.32 Å². The van der Waals surface area contributed by atoms with Gasteiger partial charge >= 0.3 is 0 Å². The molecule has 0 aliphatic carbocycles. The van der Waals surface area contributed by atoms with Gasteiger partial charge in [-0.05, 0) is 35.6 Å². The maximum absolute atomic E-state index is 5.54. The van der Waals surface area contributed by atoms with E-state index in [1.54, 1.807) is 29.4 Å². The molecule has 0 amide bonds. The van der Waals surface area contributed by atoms with E-state index in [-0.39, 0.29) is 0 Å². The molecule has 8 heteroatoms. The lowest BCUT2D eigenvalue weighted by Gasteiger charge is -2.02. The van der Waals surface area contributed by atoms with E-state index in [9.17, 15) is 0 Å². The summed E-state index contributed by atoms with van der Waals surface area (Å²) in [6.07, 6.45) is 2.74. The Labute approximate surface area is 163 Å². The van der Waals surface area contributed by atoms with Crippen LogP contribution in [0.25, 0.3) is 10.8 Å². The van der Waals surface area contributed by atoms with Gasteiger partial charge in [0.05, 0.1) is 10.6 Å². The van der Waals surface area contributed by atoms with Crippen LogP contribution in [0.1, 0.15) is 18.2 Å². The minimum absolute atomic E-state index is 0.672. The fraction of sp³-hybridized carbons (Fsp3) is 0.167. The smallest absolute Gasteiger partial charge is 0.236 e. The molecule has 5 nitrogen and oxygen atoms in total. The van der Waals surface area contributed by atoms with Gasteiger partial charge in [-0.25, -0.2) is 4.98 Å². The summed E-state index contributed by atoms with van der Waals surface area (Å²) in [7, 11) is 0.